The molecule has 0 unspecified atom stereocenters. The fourth-order valence-corrected chi connectivity index (χ4v) is 2.45. The van der Waals surface area contributed by atoms with E-state index < -0.39 is 5.60 Å². The second-order valence-corrected chi connectivity index (χ2v) is 6.26. The number of fused-ring (bicyclic) bond motifs is 1. The van der Waals surface area contributed by atoms with E-state index >= 15 is 0 Å². The first kappa shape index (κ1) is 14.1. The van der Waals surface area contributed by atoms with Gasteiger partial charge >= 0.3 is 5.97 Å². The zero-order chi connectivity index (χ0) is 14.2. The molecule has 2 aromatic rings. The van der Waals surface area contributed by atoms with Crippen LogP contribution in [-0.2, 0) is 16.1 Å². The predicted molar refractivity (Wildman–Crippen MR) is 80.0 cm³/mol. The summed E-state index contributed by atoms with van der Waals surface area (Å²) in [7, 11) is 0. The first-order chi connectivity index (χ1) is 8.76. The van der Waals surface area contributed by atoms with Crippen molar-refractivity contribution in [3.05, 3.63) is 21.9 Å². The molecule has 0 atom stereocenters. The predicted octanol–water partition coefficient (Wildman–Crippen LogP) is 2.69. The van der Waals surface area contributed by atoms with Gasteiger partial charge in [-0.1, -0.05) is 0 Å². The molecule has 102 valence electrons. The summed E-state index contributed by atoms with van der Waals surface area (Å²) in [6.07, 6.45) is 0. The Bertz CT molecular complexity index is 629. The van der Waals surface area contributed by atoms with Crippen LogP contribution >= 0.6 is 22.6 Å². The van der Waals surface area contributed by atoms with Crippen molar-refractivity contribution in [2.24, 2.45) is 0 Å². The van der Waals surface area contributed by atoms with Gasteiger partial charge in [-0.3, -0.25) is 9.48 Å². The molecule has 5 nitrogen and oxygen atoms in total. The highest BCUT2D eigenvalue weighted by atomic mass is 127. The lowest BCUT2D eigenvalue weighted by molar-refractivity contribution is -0.155. The molecule has 2 rings (SSSR count). The summed E-state index contributed by atoms with van der Waals surface area (Å²) in [6, 6.07) is 4.98. The average molecular weight is 374 g/mol. The van der Waals surface area contributed by atoms with Crippen LogP contribution in [0.4, 0.5) is 0 Å². The number of phenolic OH excluding ortho intramolecular Hbond substituents is 1. The Morgan fingerprint density at radius 1 is 1.47 bits per heavy atom. The van der Waals surface area contributed by atoms with Crippen molar-refractivity contribution < 1.29 is 14.6 Å². The summed E-state index contributed by atoms with van der Waals surface area (Å²) in [4.78, 5) is 11.8. The number of aromatic hydroxyl groups is 1. The van der Waals surface area contributed by atoms with Crippen LogP contribution in [0.25, 0.3) is 10.9 Å². The lowest BCUT2D eigenvalue weighted by Gasteiger charge is -2.19. The smallest absolute Gasteiger partial charge is 0.328 e. The number of nitrogens with zero attached hydrogens (tertiary/aromatic N) is 2. The van der Waals surface area contributed by atoms with E-state index in [0.717, 1.165) is 14.6 Å². The number of carbonyl (C=O) groups excluding carboxylic acids is 1. The highest BCUT2D eigenvalue weighted by Gasteiger charge is 2.18. The molecular weight excluding hydrogens is 359 g/mol. The number of carbonyl (C=O) groups is 1. The minimum Gasteiger partial charge on any atom is -0.508 e. The van der Waals surface area contributed by atoms with Gasteiger partial charge < -0.3 is 9.84 Å². The lowest BCUT2D eigenvalue weighted by atomic mass is 10.2. The number of halogens is 1. The molecule has 1 heterocycles. The Kier molecular flexibility index (Phi) is 3.71. The van der Waals surface area contributed by atoms with Crippen molar-refractivity contribution in [3.8, 4) is 5.75 Å². The topological polar surface area (TPSA) is 64.4 Å². The number of phenols is 1. The van der Waals surface area contributed by atoms with Crippen molar-refractivity contribution in [3.63, 3.8) is 0 Å². The summed E-state index contributed by atoms with van der Waals surface area (Å²) in [5.41, 5.74) is 0.199. The fraction of sp³-hybridized carbons (Fsp3) is 0.385. The SMILES string of the molecule is CC(C)(C)OC(=O)Cn1nc(I)c2ccc(O)cc21. The van der Waals surface area contributed by atoms with Crippen LogP contribution in [0, 0.1) is 3.70 Å². The standard InChI is InChI=1S/C13H15IN2O3/c1-13(2,3)19-11(18)7-16-10-6-8(17)4-5-9(10)12(14)15-16/h4-6,17H,7H2,1-3H3. The largest absolute Gasteiger partial charge is 0.508 e. The number of rotatable bonds is 2. The zero-order valence-electron chi connectivity index (χ0n) is 11.0. The molecule has 19 heavy (non-hydrogen) atoms. The molecule has 0 saturated carbocycles. The van der Waals surface area contributed by atoms with Gasteiger partial charge in [0.2, 0.25) is 0 Å². The number of benzene rings is 1. The van der Waals surface area contributed by atoms with E-state index in [1.165, 1.54) is 0 Å². The lowest BCUT2D eigenvalue weighted by Crippen LogP contribution is -2.26. The van der Waals surface area contributed by atoms with Crippen molar-refractivity contribution in [2.45, 2.75) is 32.9 Å². The van der Waals surface area contributed by atoms with Gasteiger partial charge in [0, 0.05) is 11.5 Å². The molecular formula is C13H15IN2O3. The Balaban J connectivity index is 2.31. The number of ether oxygens (including phenoxy) is 1. The Labute approximate surface area is 124 Å². The van der Waals surface area contributed by atoms with Crippen LogP contribution in [0.3, 0.4) is 0 Å². The van der Waals surface area contributed by atoms with Crippen LogP contribution in [0.1, 0.15) is 20.8 Å². The zero-order valence-corrected chi connectivity index (χ0v) is 13.1. The van der Waals surface area contributed by atoms with Crippen LogP contribution < -0.4 is 0 Å². The molecule has 1 aromatic carbocycles. The third-order valence-corrected chi connectivity index (χ3v) is 3.19. The van der Waals surface area contributed by atoms with Gasteiger partial charge in [0.05, 0.1) is 5.52 Å². The Morgan fingerprint density at radius 3 is 2.79 bits per heavy atom. The summed E-state index contributed by atoms with van der Waals surface area (Å²) in [5.74, 6) is -0.203. The van der Waals surface area contributed by atoms with E-state index in [4.69, 9.17) is 4.74 Å². The van der Waals surface area contributed by atoms with E-state index in [0.29, 0.717) is 0 Å². The molecule has 0 aliphatic carbocycles. The van der Waals surface area contributed by atoms with Crippen molar-refractivity contribution >= 4 is 39.5 Å². The fourth-order valence-electron chi connectivity index (χ4n) is 1.74. The second kappa shape index (κ2) is 4.99. The number of esters is 1. The van der Waals surface area contributed by atoms with Crippen LogP contribution in [-0.4, -0.2) is 26.5 Å². The highest BCUT2D eigenvalue weighted by molar-refractivity contribution is 14.1. The van der Waals surface area contributed by atoms with Gasteiger partial charge in [0.25, 0.3) is 0 Å². The van der Waals surface area contributed by atoms with E-state index in [2.05, 4.69) is 27.7 Å². The summed E-state index contributed by atoms with van der Waals surface area (Å²) in [5, 5.41) is 14.7. The van der Waals surface area contributed by atoms with Crippen LogP contribution in [0.2, 0.25) is 0 Å². The number of aromatic nitrogens is 2. The van der Waals surface area contributed by atoms with E-state index in [1.54, 1.807) is 22.9 Å². The van der Waals surface area contributed by atoms with E-state index in [9.17, 15) is 9.90 Å². The molecule has 0 radical (unpaired) electrons. The maximum Gasteiger partial charge on any atom is 0.328 e. The second-order valence-electron chi connectivity index (χ2n) is 5.24. The minimum absolute atomic E-state index is 0.0280. The first-order valence-corrected chi connectivity index (χ1v) is 6.91. The molecule has 0 aliphatic rings. The molecule has 0 aliphatic heterocycles. The minimum atomic E-state index is -0.519. The molecule has 0 saturated heterocycles. The van der Waals surface area contributed by atoms with E-state index in [-0.39, 0.29) is 18.3 Å². The van der Waals surface area contributed by atoms with Gasteiger partial charge in [-0.2, -0.15) is 5.10 Å². The monoisotopic (exact) mass is 374 g/mol. The average Bonchev–Trinajstić information content (AvgIpc) is 2.52. The van der Waals surface area contributed by atoms with Gasteiger partial charge in [-0.15, -0.1) is 0 Å². The van der Waals surface area contributed by atoms with Gasteiger partial charge in [0.1, 0.15) is 21.6 Å². The Morgan fingerprint density at radius 2 is 2.16 bits per heavy atom. The quantitative estimate of drug-likeness (QED) is 0.649. The molecule has 6 heteroatoms. The Hall–Kier alpha value is -1.31. The maximum absolute atomic E-state index is 11.8. The summed E-state index contributed by atoms with van der Waals surface area (Å²) < 4.78 is 7.60. The molecule has 0 fully saturated rings. The normalized spacial score (nSPS) is 11.8. The molecule has 0 spiro atoms. The van der Waals surface area contributed by atoms with E-state index in [1.807, 2.05) is 20.8 Å². The van der Waals surface area contributed by atoms with Gasteiger partial charge in [-0.25, -0.2) is 0 Å². The third kappa shape index (κ3) is 3.37. The van der Waals surface area contributed by atoms with Crippen molar-refractivity contribution in [1.29, 1.82) is 0 Å². The maximum atomic E-state index is 11.8. The highest BCUT2D eigenvalue weighted by Crippen LogP contribution is 2.24. The van der Waals surface area contributed by atoms with Crippen molar-refractivity contribution in [1.82, 2.24) is 9.78 Å². The third-order valence-electron chi connectivity index (χ3n) is 2.39. The van der Waals surface area contributed by atoms with Crippen LogP contribution in [0.5, 0.6) is 5.75 Å². The molecule has 0 amide bonds. The first-order valence-electron chi connectivity index (χ1n) is 5.83. The van der Waals surface area contributed by atoms with Gasteiger partial charge in [-0.05, 0) is 55.5 Å². The summed E-state index contributed by atoms with van der Waals surface area (Å²) >= 11 is 2.10. The van der Waals surface area contributed by atoms with Gasteiger partial charge in [0.15, 0.2) is 0 Å². The molecule has 1 aromatic heterocycles. The molecule has 1 N–H and O–H groups in total. The summed E-state index contributed by atoms with van der Waals surface area (Å²) in [6.45, 7) is 5.49. The van der Waals surface area contributed by atoms with Crippen LogP contribution in [0.15, 0.2) is 18.2 Å². The van der Waals surface area contributed by atoms with Crippen molar-refractivity contribution in [2.75, 3.05) is 0 Å². The number of hydrogen-bond donors (Lipinski definition) is 1. The molecule has 0 bridgehead atoms. The number of hydrogen-bond acceptors (Lipinski definition) is 4.